The predicted octanol–water partition coefficient (Wildman–Crippen LogP) is 3.01. The van der Waals surface area contributed by atoms with Crippen molar-refractivity contribution in [1.29, 1.82) is 0 Å². The summed E-state index contributed by atoms with van der Waals surface area (Å²) in [6, 6.07) is 7.17. The Morgan fingerprint density at radius 1 is 1.29 bits per heavy atom. The summed E-state index contributed by atoms with van der Waals surface area (Å²) >= 11 is 0. The fraction of sp³-hybridized carbons (Fsp3) is 0.500. The van der Waals surface area contributed by atoms with E-state index in [0.717, 1.165) is 31.4 Å². The molecule has 6 heteroatoms. The third-order valence-electron chi connectivity index (χ3n) is 4.46. The van der Waals surface area contributed by atoms with Crippen LogP contribution in [0.5, 0.6) is 5.75 Å². The van der Waals surface area contributed by atoms with Crippen LogP contribution in [0.1, 0.15) is 61.1 Å². The van der Waals surface area contributed by atoms with Crippen molar-refractivity contribution in [2.24, 2.45) is 5.73 Å². The van der Waals surface area contributed by atoms with E-state index in [1.165, 1.54) is 0 Å². The van der Waals surface area contributed by atoms with Crippen molar-refractivity contribution in [3.8, 4) is 5.75 Å². The number of carbonyl (C=O) groups excluding carboxylic acids is 1. The van der Waals surface area contributed by atoms with Gasteiger partial charge in [-0.05, 0) is 44.0 Å². The number of hydrogen-bond acceptors (Lipinski definition) is 6. The molecule has 3 rings (SSSR count). The number of benzene rings is 1. The van der Waals surface area contributed by atoms with E-state index in [-0.39, 0.29) is 5.78 Å². The standard InChI is InChI=1S/C18H23N3O3/c1-2-23-14-7-5-13(6-8-14)15(22)9-10-16-20-17(21-24-16)18(19)11-3-4-12-18/h5-8H,2-4,9-12,19H2,1H3. The van der Waals surface area contributed by atoms with Crippen molar-refractivity contribution in [2.45, 2.75) is 51.0 Å². The molecule has 2 N–H and O–H groups in total. The van der Waals surface area contributed by atoms with Crippen LogP contribution in [-0.2, 0) is 12.0 Å². The van der Waals surface area contributed by atoms with E-state index >= 15 is 0 Å². The lowest BCUT2D eigenvalue weighted by molar-refractivity contribution is 0.0979. The molecule has 1 aromatic carbocycles. The van der Waals surface area contributed by atoms with Gasteiger partial charge in [0.2, 0.25) is 5.89 Å². The third-order valence-corrected chi connectivity index (χ3v) is 4.46. The molecule has 0 bridgehead atoms. The van der Waals surface area contributed by atoms with E-state index in [9.17, 15) is 4.79 Å². The summed E-state index contributed by atoms with van der Waals surface area (Å²) in [6.45, 7) is 2.53. The highest BCUT2D eigenvalue weighted by Gasteiger charge is 2.35. The normalized spacial score (nSPS) is 16.2. The number of ketones is 1. The predicted molar refractivity (Wildman–Crippen MR) is 88.9 cm³/mol. The van der Waals surface area contributed by atoms with Crippen LogP contribution in [0.25, 0.3) is 0 Å². The van der Waals surface area contributed by atoms with Gasteiger partial charge in [0, 0.05) is 18.4 Å². The first-order chi connectivity index (χ1) is 11.6. The molecule has 6 nitrogen and oxygen atoms in total. The Balaban J connectivity index is 1.57. The highest BCUT2D eigenvalue weighted by atomic mass is 16.5. The Bertz CT molecular complexity index is 688. The highest BCUT2D eigenvalue weighted by molar-refractivity contribution is 5.96. The van der Waals surface area contributed by atoms with Gasteiger partial charge in [0.1, 0.15) is 5.75 Å². The van der Waals surface area contributed by atoms with E-state index in [2.05, 4.69) is 10.1 Å². The van der Waals surface area contributed by atoms with Crippen LogP contribution >= 0.6 is 0 Å². The quantitative estimate of drug-likeness (QED) is 0.785. The second kappa shape index (κ2) is 7.13. The largest absolute Gasteiger partial charge is 0.494 e. The van der Waals surface area contributed by atoms with E-state index in [1.54, 1.807) is 24.3 Å². The number of hydrogen-bond donors (Lipinski definition) is 1. The first kappa shape index (κ1) is 16.6. The van der Waals surface area contributed by atoms with Gasteiger partial charge in [-0.1, -0.05) is 18.0 Å². The topological polar surface area (TPSA) is 91.2 Å². The lowest BCUT2D eigenvalue weighted by Crippen LogP contribution is -2.34. The molecule has 0 spiro atoms. The van der Waals surface area contributed by atoms with Gasteiger partial charge in [-0.15, -0.1) is 0 Å². The van der Waals surface area contributed by atoms with Crippen LogP contribution in [0.4, 0.5) is 0 Å². The maximum atomic E-state index is 12.3. The van der Waals surface area contributed by atoms with Crippen LogP contribution in [-0.4, -0.2) is 22.5 Å². The SMILES string of the molecule is CCOc1ccc(C(=O)CCc2nc(C3(N)CCCC3)no2)cc1. The smallest absolute Gasteiger partial charge is 0.227 e. The van der Waals surface area contributed by atoms with Crippen molar-refractivity contribution in [1.82, 2.24) is 10.1 Å². The summed E-state index contributed by atoms with van der Waals surface area (Å²) in [7, 11) is 0. The maximum absolute atomic E-state index is 12.3. The molecule has 1 aliphatic carbocycles. The van der Waals surface area contributed by atoms with Gasteiger partial charge in [-0.25, -0.2) is 0 Å². The fourth-order valence-electron chi connectivity index (χ4n) is 3.06. The van der Waals surface area contributed by atoms with E-state index < -0.39 is 5.54 Å². The fourth-order valence-corrected chi connectivity index (χ4v) is 3.06. The van der Waals surface area contributed by atoms with E-state index in [1.807, 2.05) is 6.92 Å². The minimum absolute atomic E-state index is 0.0427. The molecule has 1 saturated carbocycles. The van der Waals surface area contributed by atoms with Gasteiger partial charge >= 0.3 is 0 Å². The van der Waals surface area contributed by atoms with Crippen LogP contribution in [0, 0.1) is 0 Å². The number of carbonyl (C=O) groups is 1. The molecule has 2 aromatic rings. The second-order valence-electron chi connectivity index (χ2n) is 6.26. The molecular formula is C18H23N3O3. The summed E-state index contributed by atoms with van der Waals surface area (Å²) in [4.78, 5) is 16.7. The molecule has 128 valence electrons. The van der Waals surface area contributed by atoms with Gasteiger partial charge in [-0.3, -0.25) is 4.79 Å². The van der Waals surface area contributed by atoms with Crippen molar-refractivity contribution in [3.63, 3.8) is 0 Å². The lowest BCUT2D eigenvalue weighted by Gasteiger charge is -2.17. The molecule has 1 fully saturated rings. The maximum Gasteiger partial charge on any atom is 0.227 e. The molecule has 24 heavy (non-hydrogen) atoms. The average Bonchev–Trinajstić information content (AvgIpc) is 3.24. The van der Waals surface area contributed by atoms with Crippen molar-refractivity contribution < 1.29 is 14.1 Å². The number of aryl methyl sites for hydroxylation is 1. The Labute approximate surface area is 141 Å². The average molecular weight is 329 g/mol. The van der Waals surface area contributed by atoms with Gasteiger partial charge in [0.15, 0.2) is 11.6 Å². The number of ether oxygens (including phenoxy) is 1. The van der Waals surface area contributed by atoms with Crippen LogP contribution < -0.4 is 10.5 Å². The molecule has 0 atom stereocenters. The monoisotopic (exact) mass is 329 g/mol. The number of nitrogens with zero attached hydrogens (tertiary/aromatic N) is 2. The number of Topliss-reactive ketones (excluding diaryl/α,β-unsaturated/α-hetero) is 1. The van der Waals surface area contributed by atoms with Gasteiger partial charge in [0.25, 0.3) is 0 Å². The Hall–Kier alpha value is -2.21. The zero-order valence-electron chi connectivity index (χ0n) is 14.0. The van der Waals surface area contributed by atoms with E-state index in [4.69, 9.17) is 15.0 Å². The third kappa shape index (κ3) is 3.64. The van der Waals surface area contributed by atoms with Gasteiger partial charge < -0.3 is 15.0 Å². The summed E-state index contributed by atoms with van der Waals surface area (Å²) in [5, 5.41) is 4.01. The number of rotatable bonds is 7. The molecule has 0 aliphatic heterocycles. The molecule has 1 aromatic heterocycles. The minimum atomic E-state index is -0.457. The number of nitrogens with two attached hydrogens (primary N) is 1. The van der Waals surface area contributed by atoms with Crippen LogP contribution in [0.2, 0.25) is 0 Å². The first-order valence-corrected chi connectivity index (χ1v) is 8.49. The highest BCUT2D eigenvalue weighted by Crippen LogP contribution is 2.34. The van der Waals surface area contributed by atoms with Crippen molar-refractivity contribution in [3.05, 3.63) is 41.5 Å². The molecule has 1 aliphatic rings. The summed E-state index contributed by atoms with van der Waals surface area (Å²) in [5.41, 5.74) is 6.51. The minimum Gasteiger partial charge on any atom is -0.494 e. The van der Waals surface area contributed by atoms with Crippen LogP contribution in [0.3, 0.4) is 0 Å². The Kier molecular flexibility index (Phi) is 4.94. The Morgan fingerprint density at radius 3 is 2.67 bits per heavy atom. The summed E-state index contributed by atoms with van der Waals surface area (Å²) in [5.74, 6) is 1.85. The number of aromatic nitrogens is 2. The Morgan fingerprint density at radius 2 is 2.00 bits per heavy atom. The van der Waals surface area contributed by atoms with Gasteiger partial charge in [-0.2, -0.15) is 4.98 Å². The summed E-state index contributed by atoms with van der Waals surface area (Å²) < 4.78 is 10.6. The van der Waals surface area contributed by atoms with Gasteiger partial charge in [0.05, 0.1) is 12.1 Å². The summed E-state index contributed by atoms with van der Waals surface area (Å²) in [6.07, 6.45) is 4.71. The molecule has 1 heterocycles. The molecule has 0 radical (unpaired) electrons. The van der Waals surface area contributed by atoms with Crippen molar-refractivity contribution >= 4 is 5.78 Å². The zero-order chi connectivity index (χ0) is 17.0. The van der Waals surface area contributed by atoms with Crippen molar-refractivity contribution in [2.75, 3.05) is 6.61 Å². The van der Waals surface area contributed by atoms with E-state index in [0.29, 0.717) is 36.7 Å². The lowest BCUT2D eigenvalue weighted by atomic mass is 9.99. The van der Waals surface area contributed by atoms with Crippen LogP contribution in [0.15, 0.2) is 28.8 Å². The zero-order valence-corrected chi connectivity index (χ0v) is 14.0. The first-order valence-electron chi connectivity index (χ1n) is 8.49. The molecule has 0 amide bonds. The molecular weight excluding hydrogens is 306 g/mol. The second-order valence-corrected chi connectivity index (χ2v) is 6.26. The molecule has 0 saturated heterocycles. The molecule has 0 unspecified atom stereocenters.